The van der Waals surface area contributed by atoms with Crippen molar-refractivity contribution in [2.75, 3.05) is 32.8 Å². The Bertz CT molecular complexity index is 496. The molecule has 1 aromatic rings. The molecule has 0 aliphatic heterocycles. The molecule has 6 nitrogen and oxygen atoms in total. The number of hydrogen-bond acceptors (Lipinski definition) is 3. The van der Waals surface area contributed by atoms with E-state index in [-0.39, 0.29) is 0 Å². The fourth-order valence-electron chi connectivity index (χ4n) is 2.53. The molecule has 6 heteroatoms. The van der Waals surface area contributed by atoms with E-state index in [0.717, 1.165) is 63.8 Å². The molecule has 0 aromatic carbocycles. The number of ether oxygens (including phenoxy) is 1. The summed E-state index contributed by atoms with van der Waals surface area (Å²) in [6.45, 7) is 12.6. The lowest BCUT2D eigenvalue weighted by Crippen LogP contribution is -2.38. The average molecular weight is 338 g/mol. The molecule has 0 aliphatic carbocycles. The lowest BCUT2D eigenvalue weighted by Gasteiger charge is -2.11. The normalized spacial score (nSPS) is 11.8. The number of guanidine groups is 1. The third kappa shape index (κ3) is 7.34. The summed E-state index contributed by atoms with van der Waals surface area (Å²) in [6.07, 6.45) is 4.24. The molecule has 0 radical (unpaired) electrons. The monoisotopic (exact) mass is 337 g/mol. The molecule has 0 saturated carbocycles. The van der Waals surface area contributed by atoms with Gasteiger partial charge in [-0.1, -0.05) is 13.3 Å². The van der Waals surface area contributed by atoms with Gasteiger partial charge in [0.25, 0.3) is 0 Å². The first-order valence-corrected chi connectivity index (χ1v) is 9.19. The lowest BCUT2D eigenvalue weighted by molar-refractivity contribution is 0.130. The van der Waals surface area contributed by atoms with Gasteiger partial charge in [0.05, 0.1) is 5.69 Å². The van der Waals surface area contributed by atoms with Gasteiger partial charge in [0.1, 0.15) is 0 Å². The number of aliphatic imine (C=N–C) groups is 1. The highest BCUT2D eigenvalue weighted by atomic mass is 16.5. The minimum absolute atomic E-state index is 0.784. The maximum absolute atomic E-state index is 5.56. The predicted molar refractivity (Wildman–Crippen MR) is 101 cm³/mol. The number of nitrogens with one attached hydrogen (secondary N) is 2. The van der Waals surface area contributed by atoms with Gasteiger partial charge in [-0.25, -0.2) is 0 Å². The van der Waals surface area contributed by atoms with Crippen molar-refractivity contribution in [1.82, 2.24) is 20.4 Å². The molecular formula is C18H35N5O. The predicted octanol–water partition coefficient (Wildman–Crippen LogP) is 2.34. The molecule has 138 valence electrons. The second-order valence-corrected chi connectivity index (χ2v) is 6.03. The molecule has 0 bridgehead atoms. The fourth-order valence-corrected chi connectivity index (χ4v) is 2.53. The fraction of sp³-hybridized carbons (Fsp3) is 0.778. The van der Waals surface area contributed by atoms with E-state index < -0.39 is 0 Å². The summed E-state index contributed by atoms with van der Waals surface area (Å²) in [7, 11) is 1.99. The van der Waals surface area contributed by atoms with E-state index in [9.17, 15) is 0 Å². The van der Waals surface area contributed by atoms with Gasteiger partial charge in [-0.3, -0.25) is 9.67 Å². The Labute approximate surface area is 147 Å². The van der Waals surface area contributed by atoms with Crippen LogP contribution in [0.1, 0.15) is 50.1 Å². The number of aromatic nitrogens is 2. The summed E-state index contributed by atoms with van der Waals surface area (Å²) in [5, 5.41) is 11.2. The van der Waals surface area contributed by atoms with Gasteiger partial charge >= 0.3 is 0 Å². The van der Waals surface area contributed by atoms with Crippen molar-refractivity contribution in [3.8, 4) is 0 Å². The summed E-state index contributed by atoms with van der Waals surface area (Å²) in [5.74, 6) is 0.880. The zero-order valence-corrected chi connectivity index (χ0v) is 16.1. The third-order valence-electron chi connectivity index (χ3n) is 4.03. The number of unbranched alkanes of at least 4 members (excludes halogenated alkanes) is 1. The molecule has 0 atom stereocenters. The summed E-state index contributed by atoms with van der Waals surface area (Å²) >= 11 is 0. The van der Waals surface area contributed by atoms with Gasteiger partial charge in [-0.2, -0.15) is 5.10 Å². The van der Waals surface area contributed by atoms with Gasteiger partial charge in [0, 0.05) is 45.6 Å². The van der Waals surface area contributed by atoms with Crippen LogP contribution in [0.2, 0.25) is 0 Å². The van der Waals surface area contributed by atoms with Crippen molar-refractivity contribution in [2.45, 2.75) is 53.4 Å². The van der Waals surface area contributed by atoms with Gasteiger partial charge in [-0.05, 0) is 45.6 Å². The van der Waals surface area contributed by atoms with E-state index in [1.54, 1.807) is 0 Å². The Kier molecular flexibility index (Phi) is 10.2. The number of aryl methyl sites for hydroxylation is 2. The van der Waals surface area contributed by atoms with E-state index in [1.807, 2.05) is 11.7 Å². The minimum atomic E-state index is 0.784. The van der Waals surface area contributed by atoms with Crippen molar-refractivity contribution in [2.24, 2.45) is 12.0 Å². The van der Waals surface area contributed by atoms with Gasteiger partial charge in [0.2, 0.25) is 0 Å². The molecular weight excluding hydrogens is 302 g/mol. The maximum atomic E-state index is 5.56. The molecule has 0 spiro atoms. The SMILES string of the molecule is CCCCOCCCN=C(NCC)NCCc1c(C)nn(C)c1C. The van der Waals surface area contributed by atoms with Crippen LogP contribution < -0.4 is 10.6 Å². The lowest BCUT2D eigenvalue weighted by atomic mass is 10.1. The highest BCUT2D eigenvalue weighted by molar-refractivity contribution is 5.79. The van der Waals surface area contributed by atoms with Crippen molar-refractivity contribution in [3.63, 3.8) is 0 Å². The standard InChI is InChI=1S/C18H35N5O/c1-6-8-13-24-14-9-11-20-18(19-7-2)21-12-10-17-15(3)22-23(5)16(17)4/h6-14H2,1-5H3,(H2,19,20,21). The Balaban J connectivity index is 2.33. The van der Waals surface area contributed by atoms with Crippen LogP contribution in [-0.2, 0) is 18.2 Å². The van der Waals surface area contributed by atoms with Crippen LogP contribution in [0.25, 0.3) is 0 Å². The summed E-state index contributed by atoms with van der Waals surface area (Å²) < 4.78 is 7.51. The van der Waals surface area contributed by atoms with Crippen LogP contribution in [-0.4, -0.2) is 48.6 Å². The molecule has 0 saturated heterocycles. The molecule has 0 unspecified atom stereocenters. The number of hydrogen-bond donors (Lipinski definition) is 2. The quantitative estimate of drug-likeness (QED) is 0.370. The molecule has 0 fully saturated rings. The summed E-state index contributed by atoms with van der Waals surface area (Å²) in [5.41, 5.74) is 3.67. The topological polar surface area (TPSA) is 63.5 Å². The van der Waals surface area contributed by atoms with Crippen LogP contribution in [0.5, 0.6) is 0 Å². The van der Waals surface area contributed by atoms with E-state index in [1.165, 1.54) is 17.7 Å². The summed E-state index contributed by atoms with van der Waals surface area (Å²) in [6, 6.07) is 0. The Morgan fingerprint density at radius 2 is 1.92 bits per heavy atom. The van der Waals surface area contributed by atoms with Gasteiger partial charge < -0.3 is 15.4 Å². The van der Waals surface area contributed by atoms with Crippen LogP contribution in [0.3, 0.4) is 0 Å². The average Bonchev–Trinajstić information content (AvgIpc) is 2.80. The minimum Gasteiger partial charge on any atom is -0.381 e. The molecule has 1 aromatic heterocycles. The third-order valence-corrected chi connectivity index (χ3v) is 4.03. The number of nitrogens with zero attached hydrogens (tertiary/aromatic N) is 3. The zero-order valence-electron chi connectivity index (χ0n) is 16.1. The van der Waals surface area contributed by atoms with E-state index in [4.69, 9.17) is 4.74 Å². The molecule has 1 heterocycles. The first-order chi connectivity index (χ1) is 11.6. The van der Waals surface area contributed by atoms with Crippen LogP contribution >= 0.6 is 0 Å². The molecule has 24 heavy (non-hydrogen) atoms. The molecule has 1 rings (SSSR count). The Hall–Kier alpha value is -1.56. The largest absolute Gasteiger partial charge is 0.381 e. The van der Waals surface area contributed by atoms with E-state index in [0.29, 0.717) is 0 Å². The van der Waals surface area contributed by atoms with Gasteiger partial charge in [-0.15, -0.1) is 0 Å². The van der Waals surface area contributed by atoms with E-state index >= 15 is 0 Å². The molecule has 2 N–H and O–H groups in total. The van der Waals surface area contributed by atoms with Crippen LogP contribution in [0, 0.1) is 13.8 Å². The van der Waals surface area contributed by atoms with Crippen LogP contribution in [0.15, 0.2) is 4.99 Å². The van der Waals surface area contributed by atoms with Crippen molar-refractivity contribution in [3.05, 3.63) is 17.0 Å². The van der Waals surface area contributed by atoms with Crippen LogP contribution in [0.4, 0.5) is 0 Å². The Morgan fingerprint density at radius 3 is 2.54 bits per heavy atom. The highest BCUT2D eigenvalue weighted by Crippen LogP contribution is 2.11. The van der Waals surface area contributed by atoms with Crippen molar-refractivity contribution in [1.29, 1.82) is 0 Å². The second kappa shape index (κ2) is 11.9. The summed E-state index contributed by atoms with van der Waals surface area (Å²) in [4.78, 5) is 4.61. The zero-order chi connectivity index (χ0) is 17.8. The van der Waals surface area contributed by atoms with Gasteiger partial charge in [0.15, 0.2) is 5.96 Å². The number of rotatable bonds is 11. The molecule has 0 aliphatic rings. The maximum Gasteiger partial charge on any atom is 0.191 e. The second-order valence-electron chi connectivity index (χ2n) is 6.03. The molecule has 0 amide bonds. The first-order valence-electron chi connectivity index (χ1n) is 9.19. The first kappa shape index (κ1) is 20.5. The van der Waals surface area contributed by atoms with Crippen molar-refractivity contribution >= 4 is 5.96 Å². The highest BCUT2D eigenvalue weighted by Gasteiger charge is 2.08. The smallest absolute Gasteiger partial charge is 0.191 e. The van der Waals surface area contributed by atoms with E-state index in [2.05, 4.69) is 48.4 Å². The van der Waals surface area contributed by atoms with Crippen molar-refractivity contribution < 1.29 is 4.74 Å². The Morgan fingerprint density at radius 1 is 1.17 bits per heavy atom.